The highest BCUT2D eigenvalue weighted by Crippen LogP contribution is 2.19. The van der Waals surface area contributed by atoms with Crippen LogP contribution in [0.1, 0.15) is 17.8 Å². The second kappa shape index (κ2) is 4.06. The number of halogens is 3. The van der Waals surface area contributed by atoms with Crippen LogP contribution in [0.2, 0.25) is 0 Å². The third-order valence-electron chi connectivity index (χ3n) is 1.49. The van der Waals surface area contributed by atoms with Gasteiger partial charge in [-0.15, -0.1) is 11.3 Å². The highest BCUT2D eigenvalue weighted by atomic mass is 32.1. The number of thiazole rings is 1. The molecule has 74 valence electrons. The minimum Gasteiger partial charge on any atom is -0.301 e. The summed E-state index contributed by atoms with van der Waals surface area (Å²) in [5.41, 5.74) is 1.60. The van der Waals surface area contributed by atoms with Crippen molar-refractivity contribution in [2.75, 3.05) is 6.54 Å². The number of aromatic nitrogens is 1. The molecule has 1 unspecified atom stereocenters. The Hall–Kier alpha value is -0.620. The van der Waals surface area contributed by atoms with Gasteiger partial charge in [0.2, 0.25) is 0 Å². The summed E-state index contributed by atoms with van der Waals surface area (Å²) in [5.74, 6) is 0. The molecule has 0 fully saturated rings. The van der Waals surface area contributed by atoms with E-state index in [1.165, 1.54) is 11.3 Å². The quantitative estimate of drug-likeness (QED) is 0.828. The largest absolute Gasteiger partial charge is 0.401 e. The minimum atomic E-state index is -4.15. The number of alkyl halides is 3. The van der Waals surface area contributed by atoms with Crippen molar-refractivity contribution in [2.45, 2.75) is 19.1 Å². The monoisotopic (exact) mass is 210 g/mol. The summed E-state index contributed by atoms with van der Waals surface area (Å²) in [6.07, 6.45) is -2.59. The van der Waals surface area contributed by atoms with Crippen LogP contribution in [-0.4, -0.2) is 17.7 Å². The Kier molecular flexibility index (Phi) is 3.27. The zero-order valence-corrected chi connectivity index (χ0v) is 7.75. The number of hydrogen-bond acceptors (Lipinski definition) is 3. The van der Waals surface area contributed by atoms with Crippen LogP contribution in [-0.2, 0) is 0 Å². The molecular formula is C7H9F3N2S. The highest BCUT2D eigenvalue weighted by Gasteiger charge is 2.27. The Labute approximate surface area is 77.8 Å². The van der Waals surface area contributed by atoms with Gasteiger partial charge >= 0.3 is 6.18 Å². The molecule has 6 heteroatoms. The molecule has 0 radical (unpaired) electrons. The Morgan fingerprint density at radius 2 is 2.31 bits per heavy atom. The smallest absolute Gasteiger partial charge is 0.301 e. The zero-order chi connectivity index (χ0) is 9.90. The maximum absolute atomic E-state index is 11.8. The van der Waals surface area contributed by atoms with Crippen LogP contribution >= 0.6 is 11.3 Å². The molecule has 0 saturated carbocycles. The molecule has 0 aliphatic heterocycles. The number of hydrogen-bond donors (Lipinski definition) is 1. The average molecular weight is 210 g/mol. The summed E-state index contributed by atoms with van der Waals surface area (Å²) < 4.78 is 35.3. The fraction of sp³-hybridized carbons (Fsp3) is 0.571. The Bertz CT molecular complexity index is 245. The first-order valence-corrected chi connectivity index (χ1v) is 4.55. The van der Waals surface area contributed by atoms with Gasteiger partial charge in [0.15, 0.2) is 0 Å². The molecule has 0 aliphatic carbocycles. The van der Waals surface area contributed by atoms with Gasteiger partial charge in [-0.25, -0.2) is 0 Å². The molecule has 2 nitrogen and oxygen atoms in total. The summed E-state index contributed by atoms with van der Waals surface area (Å²) in [6, 6.07) is -0.297. The molecule has 0 aliphatic rings. The van der Waals surface area contributed by atoms with E-state index in [2.05, 4.69) is 10.3 Å². The first-order chi connectivity index (χ1) is 5.99. The summed E-state index contributed by atoms with van der Waals surface area (Å²) in [4.78, 5) is 4.59. The first-order valence-electron chi connectivity index (χ1n) is 3.67. The van der Waals surface area contributed by atoms with E-state index in [9.17, 15) is 13.2 Å². The number of nitrogens with one attached hydrogen (secondary N) is 1. The van der Waals surface area contributed by atoms with Crippen molar-refractivity contribution >= 4 is 11.3 Å². The van der Waals surface area contributed by atoms with E-state index in [-0.39, 0.29) is 6.04 Å². The summed E-state index contributed by atoms with van der Waals surface area (Å²) in [7, 11) is 0. The van der Waals surface area contributed by atoms with Crippen LogP contribution in [0.5, 0.6) is 0 Å². The van der Waals surface area contributed by atoms with Crippen molar-refractivity contribution in [3.05, 3.63) is 16.6 Å². The van der Waals surface area contributed by atoms with Gasteiger partial charge in [0.05, 0.1) is 12.1 Å². The van der Waals surface area contributed by atoms with Crippen molar-refractivity contribution in [3.8, 4) is 0 Å². The van der Waals surface area contributed by atoms with Crippen LogP contribution < -0.4 is 5.32 Å². The summed E-state index contributed by atoms with van der Waals surface area (Å²) >= 11 is 1.34. The van der Waals surface area contributed by atoms with Gasteiger partial charge in [-0.2, -0.15) is 13.2 Å². The lowest BCUT2D eigenvalue weighted by Crippen LogP contribution is -2.30. The fourth-order valence-electron chi connectivity index (χ4n) is 0.809. The van der Waals surface area contributed by atoms with Gasteiger partial charge < -0.3 is 5.32 Å². The number of nitrogens with zero attached hydrogens (tertiary/aromatic N) is 1. The van der Waals surface area contributed by atoms with Crippen molar-refractivity contribution in [1.82, 2.24) is 10.3 Å². The third kappa shape index (κ3) is 3.73. The van der Waals surface area contributed by atoms with Gasteiger partial charge in [0.25, 0.3) is 0 Å². The van der Waals surface area contributed by atoms with Crippen molar-refractivity contribution in [3.63, 3.8) is 0 Å². The average Bonchev–Trinajstić information content (AvgIpc) is 2.50. The van der Waals surface area contributed by atoms with Crippen LogP contribution in [0.15, 0.2) is 11.7 Å². The van der Waals surface area contributed by atoms with Crippen molar-refractivity contribution < 1.29 is 13.2 Å². The van der Waals surface area contributed by atoms with E-state index in [0.29, 0.717) is 0 Å². The van der Waals surface area contributed by atoms with E-state index in [0.717, 1.165) is 4.88 Å². The van der Waals surface area contributed by atoms with Gasteiger partial charge in [-0.3, -0.25) is 4.98 Å². The third-order valence-corrected chi connectivity index (χ3v) is 2.45. The molecule has 1 N–H and O–H groups in total. The lowest BCUT2D eigenvalue weighted by molar-refractivity contribution is -0.126. The van der Waals surface area contributed by atoms with Crippen LogP contribution in [0.25, 0.3) is 0 Å². The molecule has 1 aromatic rings. The molecular weight excluding hydrogens is 201 g/mol. The maximum Gasteiger partial charge on any atom is 0.401 e. The molecule has 0 aromatic carbocycles. The minimum absolute atomic E-state index is 0.297. The predicted molar refractivity (Wildman–Crippen MR) is 44.6 cm³/mol. The van der Waals surface area contributed by atoms with Crippen LogP contribution in [0.3, 0.4) is 0 Å². The standard InChI is InChI=1S/C7H9F3N2S/c1-5(6-2-11-4-13-6)12-3-7(8,9)10/h2,4-5,12H,3H2,1H3. The lowest BCUT2D eigenvalue weighted by Gasteiger charge is -2.13. The maximum atomic E-state index is 11.8. The normalized spacial score (nSPS) is 14.5. The second-order valence-electron chi connectivity index (χ2n) is 2.62. The first kappa shape index (κ1) is 10.5. The zero-order valence-electron chi connectivity index (χ0n) is 6.93. The van der Waals surface area contributed by atoms with E-state index < -0.39 is 12.7 Å². The topological polar surface area (TPSA) is 24.9 Å². The van der Waals surface area contributed by atoms with E-state index in [4.69, 9.17) is 0 Å². The molecule has 1 aromatic heterocycles. The number of rotatable bonds is 3. The van der Waals surface area contributed by atoms with E-state index >= 15 is 0 Å². The molecule has 0 spiro atoms. The predicted octanol–water partition coefficient (Wildman–Crippen LogP) is 2.36. The Morgan fingerprint density at radius 3 is 2.77 bits per heavy atom. The van der Waals surface area contributed by atoms with Crippen molar-refractivity contribution in [1.29, 1.82) is 0 Å². The van der Waals surface area contributed by atoms with Crippen LogP contribution in [0.4, 0.5) is 13.2 Å². The second-order valence-corrected chi connectivity index (χ2v) is 3.54. The van der Waals surface area contributed by atoms with Gasteiger partial charge in [-0.05, 0) is 6.92 Å². The fourth-order valence-corrected chi connectivity index (χ4v) is 1.46. The molecule has 13 heavy (non-hydrogen) atoms. The van der Waals surface area contributed by atoms with Gasteiger partial charge in [0, 0.05) is 17.1 Å². The van der Waals surface area contributed by atoms with Gasteiger partial charge in [0.1, 0.15) is 0 Å². The SMILES string of the molecule is CC(NCC(F)(F)F)c1cncs1. The van der Waals surface area contributed by atoms with Gasteiger partial charge in [-0.1, -0.05) is 0 Å². The molecule has 0 amide bonds. The Balaban J connectivity index is 2.39. The van der Waals surface area contributed by atoms with E-state index in [1.54, 1.807) is 18.6 Å². The summed E-state index contributed by atoms with van der Waals surface area (Å²) in [6.45, 7) is 0.714. The highest BCUT2D eigenvalue weighted by molar-refractivity contribution is 7.09. The molecule has 0 saturated heterocycles. The Morgan fingerprint density at radius 1 is 1.62 bits per heavy atom. The van der Waals surface area contributed by atoms with Crippen LogP contribution in [0, 0.1) is 0 Å². The molecule has 1 atom stereocenters. The summed E-state index contributed by atoms with van der Waals surface area (Å²) in [5, 5.41) is 2.37. The molecule has 1 heterocycles. The van der Waals surface area contributed by atoms with Crippen molar-refractivity contribution in [2.24, 2.45) is 0 Å². The van der Waals surface area contributed by atoms with E-state index in [1.807, 2.05) is 0 Å². The molecule has 1 rings (SSSR count). The lowest BCUT2D eigenvalue weighted by atomic mass is 10.3. The molecule has 0 bridgehead atoms.